The highest BCUT2D eigenvalue weighted by Gasteiger charge is 2.01. The Labute approximate surface area is 113 Å². The number of hydrazone groups is 1. The Bertz CT molecular complexity index is 552. The molecule has 1 heterocycles. The van der Waals surface area contributed by atoms with E-state index in [1.54, 1.807) is 30.7 Å². The van der Waals surface area contributed by atoms with Crippen LogP contribution in [-0.4, -0.2) is 17.1 Å². The molecule has 5 heteroatoms. The van der Waals surface area contributed by atoms with E-state index in [1.807, 2.05) is 24.3 Å². The molecular formula is C13H10BrN3O. The number of aromatic nitrogens is 1. The first-order valence-electron chi connectivity index (χ1n) is 5.25. The molecule has 0 bridgehead atoms. The summed E-state index contributed by atoms with van der Waals surface area (Å²) in [7, 11) is 0. The number of nitrogens with one attached hydrogen (secondary N) is 1. The summed E-state index contributed by atoms with van der Waals surface area (Å²) in [6.07, 6.45) is 4.71. The van der Waals surface area contributed by atoms with Crippen LogP contribution in [0.3, 0.4) is 0 Å². The van der Waals surface area contributed by atoms with E-state index >= 15 is 0 Å². The van der Waals surface area contributed by atoms with E-state index in [0.29, 0.717) is 5.56 Å². The maximum Gasteiger partial charge on any atom is 0.271 e. The largest absolute Gasteiger partial charge is 0.271 e. The van der Waals surface area contributed by atoms with Gasteiger partial charge in [0.15, 0.2) is 0 Å². The Kier molecular flexibility index (Phi) is 4.20. The second-order valence-corrected chi connectivity index (χ2v) is 4.40. The number of hydrogen-bond donors (Lipinski definition) is 1. The fraction of sp³-hybridized carbons (Fsp3) is 0. The van der Waals surface area contributed by atoms with Crippen LogP contribution in [0.2, 0.25) is 0 Å². The van der Waals surface area contributed by atoms with Crippen LogP contribution in [0.15, 0.2) is 58.4 Å². The first kappa shape index (κ1) is 12.4. The van der Waals surface area contributed by atoms with Crippen LogP contribution in [0.25, 0.3) is 0 Å². The van der Waals surface area contributed by atoms with Crippen molar-refractivity contribution >= 4 is 28.1 Å². The van der Waals surface area contributed by atoms with Crippen molar-refractivity contribution < 1.29 is 4.79 Å². The first-order valence-corrected chi connectivity index (χ1v) is 6.04. The summed E-state index contributed by atoms with van der Waals surface area (Å²) in [6.45, 7) is 0. The smallest absolute Gasteiger partial charge is 0.267 e. The molecule has 2 aromatic rings. The normalized spacial score (nSPS) is 10.5. The van der Waals surface area contributed by atoms with Gasteiger partial charge in [-0.15, -0.1) is 0 Å². The van der Waals surface area contributed by atoms with Crippen LogP contribution < -0.4 is 5.43 Å². The van der Waals surface area contributed by atoms with Crippen molar-refractivity contribution in [3.05, 3.63) is 64.4 Å². The molecule has 0 aliphatic heterocycles. The van der Waals surface area contributed by atoms with Crippen molar-refractivity contribution in [1.29, 1.82) is 0 Å². The Morgan fingerprint density at radius 2 is 1.83 bits per heavy atom. The zero-order chi connectivity index (χ0) is 12.8. The lowest BCUT2D eigenvalue weighted by Gasteiger charge is -1.98. The van der Waals surface area contributed by atoms with Crippen LogP contribution in [0.4, 0.5) is 0 Å². The minimum Gasteiger partial charge on any atom is -0.267 e. The SMILES string of the molecule is O=C(N/N=C/c1ccc(Br)cc1)c1ccncc1. The number of pyridine rings is 1. The van der Waals surface area contributed by atoms with Crippen molar-refractivity contribution in [1.82, 2.24) is 10.4 Å². The molecule has 18 heavy (non-hydrogen) atoms. The molecule has 4 nitrogen and oxygen atoms in total. The molecule has 0 saturated heterocycles. The number of amides is 1. The topological polar surface area (TPSA) is 54.4 Å². The maximum atomic E-state index is 11.6. The van der Waals surface area contributed by atoms with E-state index in [4.69, 9.17) is 0 Å². The third-order valence-corrected chi connectivity index (χ3v) is 2.72. The molecule has 0 saturated carbocycles. The van der Waals surface area contributed by atoms with E-state index in [-0.39, 0.29) is 5.91 Å². The molecule has 0 unspecified atom stereocenters. The van der Waals surface area contributed by atoms with Gasteiger partial charge in [0.1, 0.15) is 0 Å². The van der Waals surface area contributed by atoms with Crippen molar-refractivity contribution in [2.45, 2.75) is 0 Å². The van der Waals surface area contributed by atoms with Gasteiger partial charge in [-0.3, -0.25) is 9.78 Å². The predicted molar refractivity (Wildman–Crippen MR) is 73.4 cm³/mol. The lowest BCUT2D eigenvalue weighted by atomic mass is 10.2. The van der Waals surface area contributed by atoms with Gasteiger partial charge in [0.25, 0.3) is 5.91 Å². The van der Waals surface area contributed by atoms with Gasteiger partial charge in [-0.25, -0.2) is 5.43 Å². The fourth-order valence-corrected chi connectivity index (χ4v) is 1.55. The highest BCUT2D eigenvalue weighted by atomic mass is 79.9. The van der Waals surface area contributed by atoms with Gasteiger partial charge in [0, 0.05) is 22.4 Å². The molecule has 1 amide bonds. The van der Waals surface area contributed by atoms with Crippen molar-refractivity contribution in [3.8, 4) is 0 Å². The standard InChI is InChI=1S/C13H10BrN3O/c14-12-3-1-10(2-4-12)9-16-17-13(18)11-5-7-15-8-6-11/h1-9H,(H,17,18)/b16-9+. The summed E-state index contributed by atoms with van der Waals surface area (Å²) >= 11 is 3.35. The van der Waals surface area contributed by atoms with Crippen molar-refractivity contribution in [3.63, 3.8) is 0 Å². The highest BCUT2D eigenvalue weighted by Crippen LogP contribution is 2.08. The summed E-state index contributed by atoms with van der Waals surface area (Å²) in [4.78, 5) is 15.5. The van der Waals surface area contributed by atoms with Gasteiger partial charge in [0.05, 0.1) is 6.21 Å². The Balaban J connectivity index is 1.96. The molecule has 0 radical (unpaired) electrons. The first-order chi connectivity index (χ1) is 8.75. The van der Waals surface area contributed by atoms with E-state index in [0.717, 1.165) is 10.0 Å². The molecule has 0 atom stereocenters. The molecule has 1 N–H and O–H groups in total. The van der Waals surface area contributed by atoms with Crippen LogP contribution in [0.1, 0.15) is 15.9 Å². The zero-order valence-corrected chi connectivity index (χ0v) is 11.0. The average Bonchev–Trinajstić information content (AvgIpc) is 2.42. The predicted octanol–water partition coefficient (Wildman–Crippen LogP) is 2.61. The number of carbonyl (C=O) groups is 1. The molecule has 90 valence electrons. The van der Waals surface area contributed by atoms with Crippen LogP contribution in [0, 0.1) is 0 Å². The van der Waals surface area contributed by atoms with Crippen molar-refractivity contribution in [2.24, 2.45) is 5.10 Å². The van der Waals surface area contributed by atoms with Crippen molar-refractivity contribution in [2.75, 3.05) is 0 Å². The summed E-state index contributed by atoms with van der Waals surface area (Å²) in [5.41, 5.74) is 3.89. The summed E-state index contributed by atoms with van der Waals surface area (Å²) in [5.74, 6) is -0.259. The van der Waals surface area contributed by atoms with Gasteiger partial charge in [-0.2, -0.15) is 5.10 Å². The average molecular weight is 304 g/mol. The van der Waals surface area contributed by atoms with E-state index in [2.05, 4.69) is 31.4 Å². The molecule has 1 aromatic carbocycles. The molecule has 0 fully saturated rings. The van der Waals surface area contributed by atoms with Crippen LogP contribution in [-0.2, 0) is 0 Å². The van der Waals surface area contributed by atoms with Gasteiger partial charge < -0.3 is 0 Å². The van der Waals surface area contributed by atoms with Gasteiger partial charge in [-0.05, 0) is 29.8 Å². The third-order valence-electron chi connectivity index (χ3n) is 2.19. The summed E-state index contributed by atoms with van der Waals surface area (Å²) in [6, 6.07) is 10.9. The second kappa shape index (κ2) is 6.07. The van der Waals surface area contributed by atoms with Gasteiger partial charge in [-0.1, -0.05) is 28.1 Å². The zero-order valence-electron chi connectivity index (χ0n) is 9.38. The fourth-order valence-electron chi connectivity index (χ4n) is 1.28. The maximum absolute atomic E-state index is 11.6. The van der Waals surface area contributed by atoms with Gasteiger partial charge in [0.2, 0.25) is 0 Å². The Morgan fingerprint density at radius 3 is 2.50 bits per heavy atom. The quantitative estimate of drug-likeness (QED) is 0.700. The lowest BCUT2D eigenvalue weighted by molar-refractivity contribution is 0.0955. The van der Waals surface area contributed by atoms with Gasteiger partial charge >= 0.3 is 0 Å². The number of benzene rings is 1. The molecular weight excluding hydrogens is 294 g/mol. The third kappa shape index (κ3) is 3.49. The molecule has 0 aliphatic rings. The molecule has 1 aromatic heterocycles. The minimum absolute atomic E-state index is 0.259. The minimum atomic E-state index is -0.259. The van der Waals surface area contributed by atoms with Crippen LogP contribution >= 0.6 is 15.9 Å². The monoisotopic (exact) mass is 303 g/mol. The Morgan fingerprint density at radius 1 is 1.17 bits per heavy atom. The van der Waals surface area contributed by atoms with Crippen LogP contribution in [0.5, 0.6) is 0 Å². The summed E-state index contributed by atoms with van der Waals surface area (Å²) < 4.78 is 1.00. The van der Waals surface area contributed by atoms with E-state index in [9.17, 15) is 4.79 Å². The number of carbonyl (C=O) groups excluding carboxylic acids is 1. The number of hydrogen-bond acceptors (Lipinski definition) is 3. The molecule has 2 rings (SSSR count). The number of halogens is 1. The number of nitrogens with zero attached hydrogens (tertiary/aromatic N) is 2. The number of rotatable bonds is 3. The summed E-state index contributed by atoms with van der Waals surface area (Å²) in [5, 5.41) is 3.89. The lowest BCUT2D eigenvalue weighted by Crippen LogP contribution is -2.17. The second-order valence-electron chi connectivity index (χ2n) is 3.49. The molecule has 0 spiro atoms. The highest BCUT2D eigenvalue weighted by molar-refractivity contribution is 9.10. The van der Waals surface area contributed by atoms with E-state index in [1.165, 1.54) is 0 Å². The van der Waals surface area contributed by atoms with E-state index < -0.39 is 0 Å². The molecule has 0 aliphatic carbocycles. The Hall–Kier alpha value is -2.01.